The van der Waals surface area contributed by atoms with Crippen LogP contribution in [0.1, 0.15) is 66.6 Å². The standard InChI is InChI=1S/C28H36N4O4/c1-18(2)20-8-10-25(35-4)24(15-20)21(16-27(33)34)14-23-17-26(32(3)31-23)36-13-11-22-9-7-19-6-5-12-29-28(19)30-22/h7-10,15,17-18,21H,5-6,11-14,16H2,1-4H3,(H,29,30)(H,33,34). The van der Waals surface area contributed by atoms with Crippen molar-refractivity contribution in [3.8, 4) is 11.6 Å². The average Bonchev–Trinajstić information content (AvgIpc) is 3.21. The number of carboxylic acid groups (broad SMARTS) is 1. The predicted molar refractivity (Wildman–Crippen MR) is 139 cm³/mol. The summed E-state index contributed by atoms with van der Waals surface area (Å²) in [5, 5.41) is 17.6. The summed E-state index contributed by atoms with van der Waals surface area (Å²) in [4.78, 5) is 16.5. The van der Waals surface area contributed by atoms with Gasteiger partial charge < -0.3 is 19.9 Å². The molecule has 0 saturated heterocycles. The first-order chi connectivity index (χ1) is 17.3. The Hall–Kier alpha value is -3.55. The van der Waals surface area contributed by atoms with Gasteiger partial charge in [-0.25, -0.2) is 9.67 Å². The number of carboxylic acids is 1. The van der Waals surface area contributed by atoms with Gasteiger partial charge in [0.05, 0.1) is 25.8 Å². The van der Waals surface area contributed by atoms with E-state index in [1.165, 1.54) is 5.56 Å². The first-order valence-electron chi connectivity index (χ1n) is 12.6. The molecule has 0 amide bonds. The molecule has 1 aliphatic heterocycles. The van der Waals surface area contributed by atoms with Crippen LogP contribution in [0.15, 0.2) is 36.4 Å². The SMILES string of the molecule is COc1ccc(C(C)C)cc1C(CC(=O)O)Cc1cc(OCCc2ccc3c(n2)NCCC3)n(C)n1. The van der Waals surface area contributed by atoms with E-state index in [2.05, 4.69) is 42.5 Å². The Morgan fingerprint density at radius 2 is 2.03 bits per heavy atom. The predicted octanol–water partition coefficient (Wildman–Crippen LogP) is 4.73. The lowest BCUT2D eigenvalue weighted by atomic mass is 9.87. The quantitative estimate of drug-likeness (QED) is 0.399. The maximum Gasteiger partial charge on any atom is 0.303 e. The molecule has 4 rings (SSSR count). The van der Waals surface area contributed by atoms with E-state index < -0.39 is 5.97 Å². The van der Waals surface area contributed by atoms with Crippen molar-refractivity contribution in [2.24, 2.45) is 7.05 Å². The smallest absolute Gasteiger partial charge is 0.303 e. The molecule has 8 nitrogen and oxygen atoms in total. The fourth-order valence-electron chi connectivity index (χ4n) is 4.70. The van der Waals surface area contributed by atoms with E-state index in [0.717, 1.165) is 47.7 Å². The van der Waals surface area contributed by atoms with E-state index in [9.17, 15) is 9.90 Å². The van der Waals surface area contributed by atoms with Gasteiger partial charge in [0.25, 0.3) is 0 Å². The second-order valence-corrected chi connectivity index (χ2v) is 9.69. The van der Waals surface area contributed by atoms with E-state index in [0.29, 0.717) is 37.0 Å². The van der Waals surface area contributed by atoms with Gasteiger partial charge in [0.1, 0.15) is 11.6 Å². The van der Waals surface area contributed by atoms with Crippen LogP contribution in [-0.4, -0.2) is 46.1 Å². The number of aryl methyl sites for hydroxylation is 2. The fraction of sp³-hybridized carbons (Fsp3) is 0.464. The summed E-state index contributed by atoms with van der Waals surface area (Å²) >= 11 is 0. The highest BCUT2D eigenvalue weighted by atomic mass is 16.5. The zero-order valence-corrected chi connectivity index (χ0v) is 21.6. The lowest BCUT2D eigenvalue weighted by molar-refractivity contribution is -0.137. The number of pyridine rings is 1. The lowest BCUT2D eigenvalue weighted by Gasteiger charge is -2.19. The van der Waals surface area contributed by atoms with E-state index in [-0.39, 0.29) is 12.3 Å². The normalized spacial score (nSPS) is 13.7. The molecule has 0 spiro atoms. The number of fused-ring (bicyclic) bond motifs is 1. The van der Waals surface area contributed by atoms with Crippen LogP contribution in [-0.2, 0) is 31.1 Å². The summed E-state index contributed by atoms with van der Waals surface area (Å²) in [5.74, 6) is 1.55. The molecule has 3 heterocycles. The van der Waals surface area contributed by atoms with Gasteiger partial charge in [-0.05, 0) is 54.0 Å². The number of anilines is 1. The number of hydrogen-bond donors (Lipinski definition) is 2. The minimum Gasteiger partial charge on any atom is -0.496 e. The molecule has 1 atom stereocenters. The molecule has 1 aliphatic rings. The number of benzene rings is 1. The van der Waals surface area contributed by atoms with Crippen LogP contribution < -0.4 is 14.8 Å². The van der Waals surface area contributed by atoms with Crippen molar-refractivity contribution in [1.82, 2.24) is 14.8 Å². The summed E-state index contributed by atoms with van der Waals surface area (Å²) in [6.07, 6.45) is 3.36. The molecule has 0 saturated carbocycles. The lowest BCUT2D eigenvalue weighted by Crippen LogP contribution is -2.14. The van der Waals surface area contributed by atoms with E-state index in [4.69, 9.17) is 14.5 Å². The van der Waals surface area contributed by atoms with Gasteiger partial charge in [-0.1, -0.05) is 32.0 Å². The van der Waals surface area contributed by atoms with Crippen LogP contribution in [0, 0.1) is 0 Å². The molecule has 0 aliphatic carbocycles. The third-order valence-electron chi connectivity index (χ3n) is 6.68. The zero-order chi connectivity index (χ0) is 25.7. The molecule has 1 aromatic carbocycles. The van der Waals surface area contributed by atoms with Gasteiger partial charge >= 0.3 is 5.97 Å². The highest BCUT2D eigenvalue weighted by molar-refractivity contribution is 5.68. The minimum atomic E-state index is -0.851. The molecular formula is C28H36N4O4. The zero-order valence-electron chi connectivity index (χ0n) is 21.6. The maximum atomic E-state index is 11.7. The van der Waals surface area contributed by atoms with Crippen LogP contribution >= 0.6 is 0 Å². The maximum absolute atomic E-state index is 11.7. The number of aromatic nitrogens is 3. The van der Waals surface area contributed by atoms with Crippen LogP contribution in [0.2, 0.25) is 0 Å². The van der Waals surface area contributed by atoms with Gasteiger partial charge in [-0.2, -0.15) is 5.10 Å². The summed E-state index contributed by atoms with van der Waals surface area (Å²) < 4.78 is 13.3. The van der Waals surface area contributed by atoms with Crippen LogP contribution in [0.4, 0.5) is 5.82 Å². The highest BCUT2D eigenvalue weighted by Crippen LogP contribution is 2.34. The molecule has 2 aromatic heterocycles. The number of nitrogens with one attached hydrogen (secondary N) is 1. The molecule has 0 radical (unpaired) electrons. The van der Waals surface area contributed by atoms with Crippen LogP contribution in [0.3, 0.4) is 0 Å². The first kappa shape index (κ1) is 25.5. The molecule has 0 bridgehead atoms. The highest BCUT2D eigenvalue weighted by Gasteiger charge is 2.23. The fourth-order valence-corrected chi connectivity index (χ4v) is 4.70. The van der Waals surface area contributed by atoms with Crippen molar-refractivity contribution in [3.63, 3.8) is 0 Å². The third-order valence-corrected chi connectivity index (χ3v) is 6.68. The number of aliphatic carboxylic acids is 1. The Labute approximate surface area is 212 Å². The van der Waals surface area contributed by atoms with Gasteiger partial charge in [0.15, 0.2) is 0 Å². The number of nitrogens with zero attached hydrogens (tertiary/aromatic N) is 3. The van der Waals surface area contributed by atoms with Crippen molar-refractivity contribution >= 4 is 11.8 Å². The van der Waals surface area contributed by atoms with E-state index in [1.54, 1.807) is 11.8 Å². The molecule has 8 heteroatoms. The number of hydrogen-bond acceptors (Lipinski definition) is 6. The summed E-state index contributed by atoms with van der Waals surface area (Å²) in [5.41, 5.74) is 5.09. The second-order valence-electron chi connectivity index (χ2n) is 9.69. The van der Waals surface area contributed by atoms with Crippen molar-refractivity contribution in [1.29, 1.82) is 0 Å². The Bertz CT molecular complexity index is 1200. The van der Waals surface area contributed by atoms with Gasteiger partial charge in [-0.3, -0.25) is 4.79 Å². The minimum absolute atomic E-state index is 0.0112. The first-order valence-corrected chi connectivity index (χ1v) is 12.6. The average molecular weight is 493 g/mol. The molecule has 192 valence electrons. The number of methoxy groups -OCH3 is 1. The van der Waals surface area contributed by atoms with Crippen molar-refractivity contribution in [3.05, 3.63) is 64.5 Å². The van der Waals surface area contributed by atoms with Gasteiger partial charge in [-0.15, -0.1) is 0 Å². The number of ether oxygens (including phenoxy) is 2. The van der Waals surface area contributed by atoms with Crippen LogP contribution in [0.5, 0.6) is 11.6 Å². The molecule has 2 N–H and O–H groups in total. The summed E-state index contributed by atoms with van der Waals surface area (Å²) in [6.45, 7) is 5.69. The Morgan fingerprint density at radius 1 is 1.19 bits per heavy atom. The summed E-state index contributed by atoms with van der Waals surface area (Å²) in [6, 6.07) is 12.1. The Morgan fingerprint density at radius 3 is 2.78 bits per heavy atom. The Balaban J connectivity index is 1.45. The second kappa shape index (κ2) is 11.5. The molecule has 0 fully saturated rings. The molecular weight excluding hydrogens is 456 g/mol. The number of carbonyl (C=O) groups is 1. The Kier molecular flexibility index (Phi) is 8.13. The largest absolute Gasteiger partial charge is 0.496 e. The van der Waals surface area contributed by atoms with Gasteiger partial charge in [0.2, 0.25) is 5.88 Å². The monoisotopic (exact) mass is 492 g/mol. The molecule has 1 unspecified atom stereocenters. The summed E-state index contributed by atoms with van der Waals surface area (Å²) in [7, 11) is 3.46. The third kappa shape index (κ3) is 6.17. The topological polar surface area (TPSA) is 98.5 Å². The molecule has 3 aromatic rings. The van der Waals surface area contributed by atoms with Crippen molar-refractivity contribution in [2.45, 2.75) is 57.8 Å². The van der Waals surface area contributed by atoms with Crippen molar-refractivity contribution in [2.75, 3.05) is 25.6 Å². The molecule has 36 heavy (non-hydrogen) atoms. The van der Waals surface area contributed by atoms with Crippen LogP contribution in [0.25, 0.3) is 0 Å². The van der Waals surface area contributed by atoms with E-state index >= 15 is 0 Å². The number of rotatable bonds is 11. The van der Waals surface area contributed by atoms with E-state index in [1.807, 2.05) is 25.2 Å². The van der Waals surface area contributed by atoms with Crippen molar-refractivity contribution < 1.29 is 19.4 Å². The van der Waals surface area contributed by atoms with Gasteiger partial charge in [0, 0.05) is 37.7 Å².